The van der Waals surface area contributed by atoms with Crippen molar-refractivity contribution in [2.24, 2.45) is 17.8 Å². The molecule has 2 N–H and O–H groups in total. The van der Waals surface area contributed by atoms with Crippen molar-refractivity contribution in [2.75, 3.05) is 23.7 Å². The monoisotopic (exact) mass is 420 g/mol. The molecular formula is C24H28N4O3. The molecule has 7 heteroatoms. The highest BCUT2D eigenvalue weighted by molar-refractivity contribution is 5.98. The number of rotatable bonds is 5. The lowest BCUT2D eigenvalue weighted by molar-refractivity contribution is -0.121. The maximum absolute atomic E-state index is 12.9. The molecule has 2 heterocycles. The van der Waals surface area contributed by atoms with Gasteiger partial charge in [0.25, 0.3) is 5.91 Å². The summed E-state index contributed by atoms with van der Waals surface area (Å²) in [5.41, 5.74) is 2.24. The van der Waals surface area contributed by atoms with Crippen molar-refractivity contribution in [3.63, 3.8) is 0 Å². The molecule has 0 bridgehead atoms. The Morgan fingerprint density at radius 1 is 1.03 bits per heavy atom. The molecule has 0 spiro atoms. The van der Waals surface area contributed by atoms with Crippen LogP contribution in [-0.2, 0) is 9.59 Å². The lowest BCUT2D eigenvalue weighted by atomic mass is 9.95. The van der Waals surface area contributed by atoms with Crippen LogP contribution in [0.15, 0.2) is 42.6 Å². The summed E-state index contributed by atoms with van der Waals surface area (Å²) in [7, 11) is 0. The van der Waals surface area contributed by atoms with Crippen LogP contribution in [0, 0.1) is 24.7 Å². The Labute approximate surface area is 182 Å². The summed E-state index contributed by atoms with van der Waals surface area (Å²) >= 11 is 0. The highest BCUT2D eigenvalue weighted by Gasteiger charge is 2.39. The summed E-state index contributed by atoms with van der Waals surface area (Å²) in [4.78, 5) is 43.6. The molecule has 1 aliphatic carbocycles. The fourth-order valence-electron chi connectivity index (χ4n) is 4.01. The van der Waals surface area contributed by atoms with E-state index in [4.69, 9.17) is 0 Å². The van der Waals surface area contributed by atoms with Gasteiger partial charge in [-0.25, -0.2) is 4.98 Å². The molecule has 1 saturated carbocycles. The van der Waals surface area contributed by atoms with E-state index in [2.05, 4.69) is 22.5 Å². The van der Waals surface area contributed by atoms with Gasteiger partial charge < -0.3 is 15.5 Å². The number of carbonyl (C=O) groups excluding carboxylic acids is 3. The third kappa shape index (κ3) is 5.10. The van der Waals surface area contributed by atoms with Gasteiger partial charge in [-0.05, 0) is 68.0 Å². The van der Waals surface area contributed by atoms with Gasteiger partial charge in [0.1, 0.15) is 5.82 Å². The zero-order valence-corrected chi connectivity index (χ0v) is 17.9. The highest BCUT2D eigenvalue weighted by atomic mass is 16.2. The number of pyridine rings is 1. The molecular weight excluding hydrogens is 392 g/mol. The molecule has 2 aliphatic rings. The summed E-state index contributed by atoms with van der Waals surface area (Å²) in [6.07, 6.45) is 3.82. The normalized spacial score (nSPS) is 20.8. The van der Waals surface area contributed by atoms with Crippen molar-refractivity contribution < 1.29 is 14.4 Å². The largest absolute Gasteiger partial charge is 0.339 e. The number of carbonyl (C=O) groups is 3. The minimum atomic E-state index is -0.141. The van der Waals surface area contributed by atoms with E-state index < -0.39 is 0 Å². The van der Waals surface area contributed by atoms with E-state index >= 15 is 0 Å². The number of nitrogens with one attached hydrogen (secondary N) is 2. The number of hydrogen-bond donors (Lipinski definition) is 2. The first-order valence-electron chi connectivity index (χ1n) is 10.8. The molecule has 1 aromatic carbocycles. The zero-order valence-electron chi connectivity index (χ0n) is 17.9. The number of amides is 3. The van der Waals surface area contributed by atoms with Crippen molar-refractivity contribution in [3.8, 4) is 0 Å². The van der Waals surface area contributed by atoms with Crippen LogP contribution < -0.4 is 10.6 Å². The third-order valence-corrected chi connectivity index (χ3v) is 6.14. The van der Waals surface area contributed by atoms with Gasteiger partial charge in [-0.15, -0.1) is 0 Å². The number of piperidine rings is 1. The number of aromatic nitrogens is 1. The summed E-state index contributed by atoms with van der Waals surface area (Å²) in [5, 5.41) is 5.79. The molecule has 1 saturated heterocycles. The first-order valence-corrected chi connectivity index (χ1v) is 10.8. The van der Waals surface area contributed by atoms with Gasteiger partial charge in [0.2, 0.25) is 11.8 Å². The molecule has 2 aromatic rings. The first kappa shape index (κ1) is 21.0. The molecule has 1 aliphatic heterocycles. The Balaban J connectivity index is 1.31. The molecule has 0 radical (unpaired) electrons. The van der Waals surface area contributed by atoms with E-state index in [0.29, 0.717) is 48.9 Å². The molecule has 7 nitrogen and oxygen atoms in total. The average Bonchev–Trinajstić information content (AvgIpc) is 3.50. The second-order valence-corrected chi connectivity index (χ2v) is 8.66. The van der Waals surface area contributed by atoms with Gasteiger partial charge in [0.05, 0.1) is 0 Å². The van der Waals surface area contributed by atoms with Crippen LogP contribution in [0.2, 0.25) is 0 Å². The van der Waals surface area contributed by atoms with Gasteiger partial charge in [-0.2, -0.15) is 0 Å². The molecule has 3 amide bonds. The van der Waals surface area contributed by atoms with E-state index in [1.54, 1.807) is 35.4 Å². The summed E-state index contributed by atoms with van der Waals surface area (Å²) in [6, 6.07) is 10.8. The maximum atomic E-state index is 12.9. The Morgan fingerprint density at radius 3 is 2.45 bits per heavy atom. The van der Waals surface area contributed by atoms with Crippen LogP contribution in [0.5, 0.6) is 0 Å². The summed E-state index contributed by atoms with van der Waals surface area (Å²) in [6.45, 7) is 5.06. The van der Waals surface area contributed by atoms with Crippen molar-refractivity contribution in [3.05, 3.63) is 53.7 Å². The third-order valence-electron chi connectivity index (χ3n) is 6.14. The summed E-state index contributed by atoms with van der Waals surface area (Å²) in [5.74, 6) is 0.830. The lowest BCUT2D eigenvalue weighted by Gasteiger charge is -2.31. The van der Waals surface area contributed by atoms with Crippen molar-refractivity contribution in [1.82, 2.24) is 9.88 Å². The first-order chi connectivity index (χ1) is 14.9. The Kier molecular flexibility index (Phi) is 6.02. The van der Waals surface area contributed by atoms with E-state index in [-0.39, 0.29) is 29.6 Å². The van der Waals surface area contributed by atoms with E-state index in [0.717, 1.165) is 12.0 Å². The van der Waals surface area contributed by atoms with Crippen LogP contribution in [0.25, 0.3) is 0 Å². The van der Waals surface area contributed by atoms with Crippen molar-refractivity contribution >= 4 is 29.2 Å². The number of nitrogens with zero attached hydrogens (tertiary/aromatic N) is 2. The van der Waals surface area contributed by atoms with E-state index in [9.17, 15) is 14.4 Å². The molecule has 2 unspecified atom stereocenters. The molecule has 31 heavy (non-hydrogen) atoms. The standard InChI is InChI=1S/C24H28N4O3/c1-15-6-9-25-21(12-15)27-22(29)17-7-10-28(11-8-17)24(31)18-4-3-5-19(14-18)26-23(30)20-13-16(20)2/h3-6,9,12,14,16-17,20H,7-8,10-11,13H2,1-2H3,(H,26,30)(H,25,27,29). The highest BCUT2D eigenvalue weighted by Crippen LogP contribution is 2.38. The van der Waals surface area contributed by atoms with Gasteiger partial charge in [-0.3, -0.25) is 14.4 Å². The van der Waals surface area contributed by atoms with Crippen molar-refractivity contribution in [1.29, 1.82) is 0 Å². The van der Waals surface area contributed by atoms with Gasteiger partial charge in [0.15, 0.2) is 0 Å². The fraction of sp³-hybridized carbons (Fsp3) is 0.417. The van der Waals surface area contributed by atoms with Gasteiger partial charge in [0, 0.05) is 42.4 Å². The Hall–Kier alpha value is -3.22. The number of benzene rings is 1. The van der Waals surface area contributed by atoms with Gasteiger partial charge >= 0.3 is 0 Å². The summed E-state index contributed by atoms with van der Waals surface area (Å²) < 4.78 is 0. The second kappa shape index (κ2) is 8.88. The van der Waals surface area contributed by atoms with Crippen LogP contribution in [-0.4, -0.2) is 40.7 Å². The predicted molar refractivity (Wildman–Crippen MR) is 119 cm³/mol. The van der Waals surface area contributed by atoms with E-state index in [1.807, 2.05) is 19.1 Å². The average molecular weight is 421 g/mol. The molecule has 2 atom stereocenters. The number of aryl methyl sites for hydroxylation is 1. The molecule has 2 fully saturated rings. The van der Waals surface area contributed by atoms with Crippen LogP contribution in [0.4, 0.5) is 11.5 Å². The van der Waals surface area contributed by atoms with Crippen LogP contribution in [0.1, 0.15) is 42.1 Å². The second-order valence-electron chi connectivity index (χ2n) is 8.66. The zero-order chi connectivity index (χ0) is 22.0. The minimum absolute atomic E-state index is 0.0204. The molecule has 1 aromatic heterocycles. The maximum Gasteiger partial charge on any atom is 0.253 e. The number of likely N-dealkylation sites (tertiary alicyclic amines) is 1. The molecule has 4 rings (SSSR count). The van der Waals surface area contributed by atoms with E-state index in [1.165, 1.54) is 0 Å². The smallest absolute Gasteiger partial charge is 0.253 e. The Morgan fingerprint density at radius 2 is 1.77 bits per heavy atom. The number of hydrogen-bond acceptors (Lipinski definition) is 4. The predicted octanol–water partition coefficient (Wildman–Crippen LogP) is 3.48. The lowest BCUT2D eigenvalue weighted by Crippen LogP contribution is -2.41. The van der Waals surface area contributed by atoms with Gasteiger partial charge in [-0.1, -0.05) is 13.0 Å². The van der Waals surface area contributed by atoms with Crippen LogP contribution in [0.3, 0.4) is 0 Å². The SMILES string of the molecule is Cc1ccnc(NC(=O)C2CCN(C(=O)c3cccc(NC(=O)C4CC4C)c3)CC2)c1. The minimum Gasteiger partial charge on any atom is -0.339 e. The fourth-order valence-corrected chi connectivity index (χ4v) is 4.01. The quantitative estimate of drug-likeness (QED) is 0.775. The van der Waals surface area contributed by atoms with Crippen molar-refractivity contribution in [2.45, 2.75) is 33.1 Å². The topological polar surface area (TPSA) is 91.4 Å². The Bertz CT molecular complexity index is 998. The van der Waals surface area contributed by atoms with Crippen LogP contribution >= 0.6 is 0 Å². The number of anilines is 2. The molecule has 162 valence electrons.